The Morgan fingerprint density at radius 2 is 2.09 bits per heavy atom. The van der Waals surface area contributed by atoms with Crippen LogP contribution >= 0.6 is 15.9 Å². The molecule has 1 aliphatic rings. The first-order chi connectivity index (χ1) is 10.6. The molecule has 2 amide bonds. The molecule has 6 heteroatoms. The third-order valence-electron chi connectivity index (χ3n) is 3.68. The van der Waals surface area contributed by atoms with E-state index in [0.29, 0.717) is 25.3 Å². The minimum Gasteiger partial charge on any atom is -0.467 e. The van der Waals surface area contributed by atoms with Gasteiger partial charge in [0.05, 0.1) is 12.8 Å². The molecule has 1 saturated heterocycles. The number of halogens is 1. The van der Waals surface area contributed by atoms with Crippen molar-refractivity contribution in [3.05, 3.63) is 52.9 Å². The number of rotatable bonds is 4. The smallest absolute Gasteiger partial charge is 0.239 e. The van der Waals surface area contributed by atoms with Gasteiger partial charge < -0.3 is 14.6 Å². The van der Waals surface area contributed by atoms with Gasteiger partial charge in [0, 0.05) is 16.7 Å². The molecular weight excluding hydrogens is 348 g/mol. The Morgan fingerprint density at radius 1 is 1.32 bits per heavy atom. The normalized spacial score (nSPS) is 17.8. The summed E-state index contributed by atoms with van der Waals surface area (Å²) in [6.45, 7) is 0.854. The third kappa shape index (κ3) is 3.06. The maximum Gasteiger partial charge on any atom is 0.239 e. The van der Waals surface area contributed by atoms with Gasteiger partial charge in [-0.3, -0.25) is 9.59 Å². The highest BCUT2D eigenvalue weighted by Crippen LogP contribution is 2.26. The van der Waals surface area contributed by atoms with E-state index < -0.39 is 5.92 Å². The Labute approximate surface area is 136 Å². The van der Waals surface area contributed by atoms with Gasteiger partial charge in [-0.05, 0) is 42.8 Å². The zero-order valence-electron chi connectivity index (χ0n) is 11.8. The molecule has 1 aliphatic heterocycles. The fourth-order valence-corrected chi connectivity index (χ4v) is 2.78. The van der Waals surface area contributed by atoms with E-state index in [9.17, 15) is 9.59 Å². The Hall–Kier alpha value is -2.08. The molecule has 0 aliphatic carbocycles. The van der Waals surface area contributed by atoms with Crippen LogP contribution in [0.25, 0.3) is 0 Å². The number of carbonyl (C=O) groups excluding carboxylic acids is 2. The van der Waals surface area contributed by atoms with Crippen LogP contribution in [0.5, 0.6) is 0 Å². The molecule has 114 valence electrons. The van der Waals surface area contributed by atoms with Crippen molar-refractivity contribution < 1.29 is 14.0 Å². The molecule has 1 aromatic heterocycles. The van der Waals surface area contributed by atoms with Gasteiger partial charge in [0.25, 0.3) is 0 Å². The molecule has 2 aromatic rings. The van der Waals surface area contributed by atoms with Crippen LogP contribution in [-0.4, -0.2) is 18.4 Å². The molecule has 1 fully saturated rings. The van der Waals surface area contributed by atoms with Crippen LogP contribution in [0.3, 0.4) is 0 Å². The average molecular weight is 363 g/mol. The van der Waals surface area contributed by atoms with Crippen molar-refractivity contribution in [3.8, 4) is 0 Å². The summed E-state index contributed by atoms with van der Waals surface area (Å²) in [5, 5.41) is 2.75. The Kier molecular flexibility index (Phi) is 4.29. The van der Waals surface area contributed by atoms with E-state index in [1.807, 2.05) is 24.3 Å². The molecule has 0 radical (unpaired) electrons. The summed E-state index contributed by atoms with van der Waals surface area (Å²) in [6, 6.07) is 11.0. The molecule has 3 rings (SSSR count). The molecule has 2 heterocycles. The zero-order chi connectivity index (χ0) is 15.5. The molecule has 5 nitrogen and oxygen atoms in total. The number of benzene rings is 1. The Balaban J connectivity index is 1.63. The van der Waals surface area contributed by atoms with E-state index in [1.54, 1.807) is 23.3 Å². The van der Waals surface area contributed by atoms with Crippen LogP contribution in [0.2, 0.25) is 0 Å². The van der Waals surface area contributed by atoms with Gasteiger partial charge in [-0.25, -0.2) is 0 Å². The summed E-state index contributed by atoms with van der Waals surface area (Å²) in [5.74, 6) is -0.359. The number of hydrogen-bond acceptors (Lipinski definition) is 3. The molecule has 0 saturated carbocycles. The lowest BCUT2D eigenvalue weighted by atomic mass is 10.1. The fourth-order valence-electron chi connectivity index (χ4n) is 2.51. The molecule has 0 unspecified atom stereocenters. The van der Waals surface area contributed by atoms with Gasteiger partial charge in [-0.2, -0.15) is 0 Å². The van der Waals surface area contributed by atoms with E-state index >= 15 is 0 Å². The molecule has 1 aromatic carbocycles. The molecule has 22 heavy (non-hydrogen) atoms. The Morgan fingerprint density at radius 3 is 2.77 bits per heavy atom. The summed E-state index contributed by atoms with van der Waals surface area (Å²) >= 11 is 3.37. The van der Waals surface area contributed by atoms with Crippen LogP contribution in [0.15, 0.2) is 51.6 Å². The molecular formula is C16H15BrN2O3. The second-order valence-electron chi connectivity index (χ2n) is 5.10. The number of furan rings is 1. The molecule has 0 spiro atoms. The summed E-state index contributed by atoms with van der Waals surface area (Å²) in [7, 11) is 0. The van der Waals surface area contributed by atoms with Gasteiger partial charge in [-0.1, -0.05) is 15.9 Å². The Bertz CT molecular complexity index is 667. The minimum absolute atomic E-state index is 0.153. The number of nitrogens with zero attached hydrogens (tertiary/aromatic N) is 1. The van der Waals surface area contributed by atoms with Crippen LogP contribution in [-0.2, 0) is 16.1 Å². The number of amides is 2. The first kappa shape index (κ1) is 14.8. The van der Waals surface area contributed by atoms with Crippen molar-refractivity contribution >= 4 is 33.4 Å². The maximum atomic E-state index is 12.4. The SMILES string of the molecule is O=C(NCc1ccco1)[C@H]1CCN(c2ccc(Br)cc2)C1=O. The first-order valence-corrected chi connectivity index (χ1v) is 7.81. The summed E-state index contributed by atoms with van der Waals surface area (Å²) < 4.78 is 6.11. The highest BCUT2D eigenvalue weighted by atomic mass is 79.9. The summed E-state index contributed by atoms with van der Waals surface area (Å²) in [6.07, 6.45) is 2.08. The third-order valence-corrected chi connectivity index (χ3v) is 4.21. The van der Waals surface area contributed by atoms with Gasteiger partial charge in [0.15, 0.2) is 0 Å². The number of nitrogens with one attached hydrogen (secondary N) is 1. The number of carbonyl (C=O) groups is 2. The molecule has 1 N–H and O–H groups in total. The van der Waals surface area contributed by atoms with E-state index in [1.165, 1.54) is 0 Å². The second kappa shape index (κ2) is 6.36. The monoisotopic (exact) mass is 362 g/mol. The van der Waals surface area contributed by atoms with E-state index in [2.05, 4.69) is 21.2 Å². The van der Waals surface area contributed by atoms with Crippen molar-refractivity contribution in [2.45, 2.75) is 13.0 Å². The minimum atomic E-state index is -0.626. The van der Waals surface area contributed by atoms with Crippen LogP contribution in [0, 0.1) is 5.92 Å². The lowest BCUT2D eigenvalue weighted by Crippen LogP contribution is -2.36. The molecule has 1 atom stereocenters. The van der Waals surface area contributed by atoms with Gasteiger partial charge in [0.2, 0.25) is 11.8 Å². The zero-order valence-corrected chi connectivity index (χ0v) is 13.4. The summed E-state index contributed by atoms with van der Waals surface area (Å²) in [4.78, 5) is 26.3. The summed E-state index contributed by atoms with van der Waals surface area (Å²) in [5.41, 5.74) is 0.814. The maximum absolute atomic E-state index is 12.4. The highest BCUT2D eigenvalue weighted by molar-refractivity contribution is 9.10. The molecule has 0 bridgehead atoms. The lowest BCUT2D eigenvalue weighted by molar-refractivity contribution is -0.132. The van der Waals surface area contributed by atoms with Crippen LogP contribution in [0.1, 0.15) is 12.2 Å². The lowest BCUT2D eigenvalue weighted by Gasteiger charge is -2.16. The van der Waals surface area contributed by atoms with E-state index in [-0.39, 0.29) is 11.8 Å². The van der Waals surface area contributed by atoms with Crippen molar-refractivity contribution in [2.24, 2.45) is 5.92 Å². The average Bonchev–Trinajstić information content (AvgIpc) is 3.15. The van der Waals surface area contributed by atoms with Crippen molar-refractivity contribution in [2.75, 3.05) is 11.4 Å². The predicted octanol–water partition coefficient (Wildman–Crippen LogP) is 2.71. The topological polar surface area (TPSA) is 62.6 Å². The van der Waals surface area contributed by atoms with Crippen LogP contribution < -0.4 is 10.2 Å². The fraction of sp³-hybridized carbons (Fsp3) is 0.250. The second-order valence-corrected chi connectivity index (χ2v) is 6.02. The number of anilines is 1. The highest BCUT2D eigenvalue weighted by Gasteiger charge is 2.37. The van der Waals surface area contributed by atoms with Crippen molar-refractivity contribution in [1.82, 2.24) is 5.32 Å². The van der Waals surface area contributed by atoms with Gasteiger partial charge in [-0.15, -0.1) is 0 Å². The standard InChI is InChI=1S/C16H15BrN2O3/c17-11-3-5-12(6-4-11)19-8-7-14(16(19)21)15(20)18-10-13-2-1-9-22-13/h1-6,9,14H,7-8,10H2,(H,18,20)/t14-/m1/s1. The van der Waals surface area contributed by atoms with Gasteiger partial charge in [0.1, 0.15) is 11.7 Å². The van der Waals surface area contributed by atoms with Crippen molar-refractivity contribution in [1.29, 1.82) is 0 Å². The number of hydrogen-bond donors (Lipinski definition) is 1. The van der Waals surface area contributed by atoms with E-state index in [0.717, 1.165) is 10.2 Å². The largest absolute Gasteiger partial charge is 0.467 e. The van der Waals surface area contributed by atoms with Crippen LogP contribution in [0.4, 0.5) is 5.69 Å². The van der Waals surface area contributed by atoms with E-state index in [4.69, 9.17) is 4.42 Å². The first-order valence-electron chi connectivity index (χ1n) is 7.02. The van der Waals surface area contributed by atoms with Crippen molar-refractivity contribution in [3.63, 3.8) is 0 Å². The quantitative estimate of drug-likeness (QED) is 0.850. The predicted molar refractivity (Wildman–Crippen MR) is 85.2 cm³/mol. The van der Waals surface area contributed by atoms with Gasteiger partial charge >= 0.3 is 0 Å².